The van der Waals surface area contributed by atoms with Gasteiger partial charge in [-0.15, -0.1) is 0 Å². The molecule has 0 unspecified atom stereocenters. The van der Waals surface area contributed by atoms with Gasteiger partial charge in [0.25, 0.3) is 0 Å². The molecule has 0 atom stereocenters. The van der Waals surface area contributed by atoms with E-state index in [1.54, 1.807) is 5.48 Å². The molecule has 4 N–H and O–H groups in total. The fraction of sp³-hybridized carbons (Fsp3) is 0. The molecule has 0 amide bonds. The summed E-state index contributed by atoms with van der Waals surface area (Å²) < 4.78 is 13.1. The SMILES string of the molecule is NC(=Nc1ccc(F)cc1Br)NO. The molecule has 0 heterocycles. The number of hydroxylamine groups is 1. The fourth-order valence-electron chi connectivity index (χ4n) is 0.727. The summed E-state index contributed by atoms with van der Waals surface area (Å²) in [7, 11) is 0. The molecule has 0 aromatic heterocycles. The lowest BCUT2D eigenvalue weighted by Crippen LogP contribution is -2.27. The Morgan fingerprint density at radius 2 is 2.31 bits per heavy atom. The lowest BCUT2D eigenvalue weighted by atomic mass is 10.3. The van der Waals surface area contributed by atoms with E-state index in [1.165, 1.54) is 18.2 Å². The Hall–Kier alpha value is -1.14. The third kappa shape index (κ3) is 2.67. The summed E-state index contributed by atoms with van der Waals surface area (Å²) in [6.45, 7) is 0. The van der Waals surface area contributed by atoms with Crippen LogP contribution >= 0.6 is 15.9 Å². The third-order valence-electron chi connectivity index (χ3n) is 1.27. The van der Waals surface area contributed by atoms with Crippen molar-refractivity contribution < 1.29 is 9.60 Å². The number of nitrogens with zero attached hydrogens (tertiary/aromatic N) is 1. The van der Waals surface area contributed by atoms with E-state index in [0.717, 1.165) is 0 Å². The third-order valence-corrected chi connectivity index (χ3v) is 1.90. The molecule has 0 radical (unpaired) electrons. The fourth-order valence-corrected chi connectivity index (χ4v) is 1.17. The van der Waals surface area contributed by atoms with E-state index < -0.39 is 0 Å². The van der Waals surface area contributed by atoms with E-state index in [-0.39, 0.29) is 11.8 Å². The molecule has 0 bridgehead atoms. The second kappa shape index (κ2) is 4.20. The van der Waals surface area contributed by atoms with Gasteiger partial charge in [0.2, 0.25) is 5.96 Å². The first kappa shape index (κ1) is 9.94. The summed E-state index contributed by atoms with van der Waals surface area (Å²) in [5.74, 6) is -0.534. The van der Waals surface area contributed by atoms with Gasteiger partial charge in [-0.3, -0.25) is 5.21 Å². The monoisotopic (exact) mass is 247 g/mol. The quantitative estimate of drug-likeness (QED) is 0.401. The summed E-state index contributed by atoms with van der Waals surface area (Å²) in [5, 5.41) is 8.35. The number of hydrogen-bond acceptors (Lipinski definition) is 2. The predicted molar refractivity (Wildman–Crippen MR) is 50.3 cm³/mol. The number of hydrogen-bond donors (Lipinski definition) is 3. The van der Waals surface area contributed by atoms with E-state index >= 15 is 0 Å². The molecule has 0 saturated carbocycles. The van der Waals surface area contributed by atoms with Crippen molar-refractivity contribution >= 4 is 27.6 Å². The van der Waals surface area contributed by atoms with Gasteiger partial charge in [-0.1, -0.05) is 0 Å². The summed E-state index contributed by atoms with van der Waals surface area (Å²) in [5.41, 5.74) is 7.29. The Labute approximate surface area is 82.4 Å². The van der Waals surface area contributed by atoms with Crippen LogP contribution in [0.1, 0.15) is 0 Å². The molecule has 70 valence electrons. The minimum absolute atomic E-state index is 0.160. The second-order valence-electron chi connectivity index (χ2n) is 2.20. The van der Waals surface area contributed by atoms with Crippen LogP contribution in [-0.2, 0) is 0 Å². The van der Waals surface area contributed by atoms with Crippen molar-refractivity contribution in [2.45, 2.75) is 0 Å². The van der Waals surface area contributed by atoms with Crippen LogP contribution in [0.25, 0.3) is 0 Å². The molecule has 4 nitrogen and oxygen atoms in total. The van der Waals surface area contributed by atoms with Crippen LogP contribution in [0.4, 0.5) is 10.1 Å². The standard InChI is InChI=1S/C7H7BrFN3O/c8-5-3-4(9)1-2-6(5)11-7(10)12-13/h1-3,13H,(H3,10,11,12). The molecular weight excluding hydrogens is 241 g/mol. The molecule has 0 aliphatic carbocycles. The molecule has 6 heteroatoms. The number of benzene rings is 1. The van der Waals surface area contributed by atoms with E-state index in [9.17, 15) is 4.39 Å². The lowest BCUT2D eigenvalue weighted by molar-refractivity contribution is 0.233. The van der Waals surface area contributed by atoms with Crippen molar-refractivity contribution in [1.82, 2.24) is 5.48 Å². The van der Waals surface area contributed by atoms with Crippen molar-refractivity contribution in [3.63, 3.8) is 0 Å². The summed E-state index contributed by atoms with van der Waals surface area (Å²) >= 11 is 3.09. The zero-order chi connectivity index (χ0) is 9.84. The van der Waals surface area contributed by atoms with Gasteiger partial charge in [0.05, 0.1) is 5.69 Å². The highest BCUT2D eigenvalue weighted by Gasteiger charge is 2.00. The molecule has 0 fully saturated rings. The Kier molecular flexibility index (Phi) is 3.21. The van der Waals surface area contributed by atoms with E-state index in [1.807, 2.05) is 0 Å². The van der Waals surface area contributed by atoms with Crippen LogP contribution < -0.4 is 11.2 Å². The van der Waals surface area contributed by atoms with Crippen molar-refractivity contribution in [3.8, 4) is 0 Å². The van der Waals surface area contributed by atoms with Gasteiger partial charge in [-0.2, -0.15) is 0 Å². The van der Waals surface area contributed by atoms with Gasteiger partial charge in [-0.25, -0.2) is 14.9 Å². The van der Waals surface area contributed by atoms with Crippen LogP contribution in [0.5, 0.6) is 0 Å². The Bertz CT molecular complexity index is 343. The van der Waals surface area contributed by atoms with Crippen molar-refractivity contribution in [2.75, 3.05) is 0 Å². The first-order chi connectivity index (χ1) is 6.13. The zero-order valence-corrected chi connectivity index (χ0v) is 8.05. The van der Waals surface area contributed by atoms with Crippen LogP contribution in [0.3, 0.4) is 0 Å². The zero-order valence-electron chi connectivity index (χ0n) is 6.46. The smallest absolute Gasteiger partial charge is 0.218 e. The highest BCUT2D eigenvalue weighted by Crippen LogP contribution is 2.25. The summed E-state index contributed by atoms with van der Waals surface area (Å²) in [6.07, 6.45) is 0. The van der Waals surface area contributed by atoms with E-state index in [2.05, 4.69) is 20.9 Å². The number of nitrogens with two attached hydrogens (primary N) is 1. The van der Waals surface area contributed by atoms with Gasteiger partial charge in [0.1, 0.15) is 5.82 Å². The van der Waals surface area contributed by atoms with E-state index in [0.29, 0.717) is 10.2 Å². The van der Waals surface area contributed by atoms with Crippen LogP contribution in [0.15, 0.2) is 27.7 Å². The maximum absolute atomic E-state index is 12.6. The molecular formula is C7H7BrFN3O. The summed E-state index contributed by atoms with van der Waals surface area (Å²) in [4.78, 5) is 3.74. The minimum Gasteiger partial charge on any atom is -0.368 e. The van der Waals surface area contributed by atoms with Crippen LogP contribution in [0, 0.1) is 5.82 Å². The maximum atomic E-state index is 12.6. The molecule has 1 aromatic rings. The second-order valence-corrected chi connectivity index (χ2v) is 3.06. The summed E-state index contributed by atoms with van der Waals surface area (Å²) in [6, 6.07) is 3.93. The molecule has 0 aliphatic rings. The lowest BCUT2D eigenvalue weighted by Gasteiger charge is -2.00. The molecule has 1 aromatic carbocycles. The first-order valence-corrected chi connectivity index (χ1v) is 4.12. The largest absolute Gasteiger partial charge is 0.368 e. The molecule has 0 saturated heterocycles. The normalized spacial score (nSPS) is 11.5. The average molecular weight is 248 g/mol. The van der Waals surface area contributed by atoms with Crippen LogP contribution in [-0.4, -0.2) is 11.2 Å². The number of halogens is 2. The van der Waals surface area contributed by atoms with E-state index in [4.69, 9.17) is 10.9 Å². The molecule has 1 rings (SSSR count). The Balaban J connectivity index is 3.03. The van der Waals surface area contributed by atoms with Gasteiger partial charge in [0, 0.05) is 4.47 Å². The number of aliphatic imine (C=N–C) groups is 1. The maximum Gasteiger partial charge on any atom is 0.218 e. The molecule has 0 aliphatic heterocycles. The van der Waals surface area contributed by atoms with Gasteiger partial charge < -0.3 is 5.73 Å². The Morgan fingerprint density at radius 1 is 1.62 bits per heavy atom. The van der Waals surface area contributed by atoms with Gasteiger partial charge in [-0.05, 0) is 34.1 Å². The molecule has 0 spiro atoms. The van der Waals surface area contributed by atoms with Crippen molar-refractivity contribution in [2.24, 2.45) is 10.7 Å². The Morgan fingerprint density at radius 3 is 2.85 bits per heavy atom. The number of rotatable bonds is 1. The van der Waals surface area contributed by atoms with Crippen molar-refractivity contribution in [1.29, 1.82) is 0 Å². The number of guanidine groups is 1. The highest BCUT2D eigenvalue weighted by atomic mass is 79.9. The first-order valence-electron chi connectivity index (χ1n) is 3.33. The molecule has 13 heavy (non-hydrogen) atoms. The topological polar surface area (TPSA) is 70.6 Å². The van der Waals surface area contributed by atoms with Crippen LogP contribution in [0.2, 0.25) is 0 Å². The highest BCUT2D eigenvalue weighted by molar-refractivity contribution is 9.10. The number of nitrogens with one attached hydrogen (secondary N) is 1. The minimum atomic E-state index is -0.374. The van der Waals surface area contributed by atoms with Crippen molar-refractivity contribution in [3.05, 3.63) is 28.5 Å². The predicted octanol–water partition coefficient (Wildman–Crippen LogP) is 1.51. The average Bonchev–Trinajstić information content (AvgIpc) is 2.09. The van der Waals surface area contributed by atoms with Gasteiger partial charge >= 0.3 is 0 Å². The van der Waals surface area contributed by atoms with Gasteiger partial charge in [0.15, 0.2) is 0 Å².